The van der Waals surface area contributed by atoms with Crippen LogP contribution in [0.5, 0.6) is 0 Å². The molecule has 0 saturated heterocycles. The first-order valence-electron chi connectivity index (χ1n) is 5.53. The van der Waals surface area contributed by atoms with Gasteiger partial charge < -0.3 is 5.11 Å². The van der Waals surface area contributed by atoms with Crippen molar-refractivity contribution < 1.29 is 9.50 Å². The number of hydrogen-bond acceptors (Lipinski definition) is 1. The Hall–Kier alpha value is -1.45. The first-order valence-corrected chi connectivity index (χ1v) is 6.33. The molecule has 0 fully saturated rings. The average Bonchev–Trinajstić information content (AvgIpc) is 2.39. The molecule has 0 bridgehead atoms. The highest BCUT2D eigenvalue weighted by atomic mass is 79.9. The third-order valence-corrected chi connectivity index (χ3v) is 3.13. The molecule has 3 heteroatoms. The molecular formula is C15H12BrFO. The third kappa shape index (κ3) is 3.06. The lowest BCUT2D eigenvalue weighted by molar-refractivity contribution is 0.343. The summed E-state index contributed by atoms with van der Waals surface area (Å²) < 4.78 is 13.9. The van der Waals surface area contributed by atoms with E-state index in [9.17, 15) is 4.39 Å². The third-order valence-electron chi connectivity index (χ3n) is 2.61. The molecule has 0 amide bonds. The molecule has 0 aromatic heterocycles. The summed E-state index contributed by atoms with van der Waals surface area (Å²) in [5.74, 6) is -0.266. The molecule has 0 radical (unpaired) electrons. The Balaban J connectivity index is 2.43. The zero-order chi connectivity index (χ0) is 13.0. The number of aliphatic hydroxyl groups is 1. The van der Waals surface area contributed by atoms with Crippen LogP contribution in [0.2, 0.25) is 0 Å². The molecule has 18 heavy (non-hydrogen) atoms. The smallest absolute Gasteiger partial charge is 0.123 e. The molecular weight excluding hydrogens is 295 g/mol. The van der Waals surface area contributed by atoms with Gasteiger partial charge in [-0.2, -0.15) is 0 Å². The number of benzene rings is 2. The fourth-order valence-corrected chi connectivity index (χ4v) is 2.02. The summed E-state index contributed by atoms with van der Waals surface area (Å²) in [5, 5.41) is 9.11. The minimum atomic E-state index is -0.266. The summed E-state index contributed by atoms with van der Waals surface area (Å²) in [4.78, 5) is 0. The Labute approximate surface area is 114 Å². The summed E-state index contributed by atoms with van der Waals surface area (Å²) >= 11 is 3.38. The zero-order valence-corrected chi connectivity index (χ0v) is 11.2. The number of rotatable bonds is 3. The number of hydrogen-bond donors (Lipinski definition) is 1. The number of halogens is 2. The molecule has 0 aliphatic rings. The van der Waals surface area contributed by atoms with Crippen LogP contribution >= 0.6 is 15.9 Å². The van der Waals surface area contributed by atoms with Crippen molar-refractivity contribution in [2.75, 3.05) is 6.61 Å². The minimum absolute atomic E-state index is 0.0528. The van der Waals surface area contributed by atoms with Gasteiger partial charge in [0.15, 0.2) is 0 Å². The summed E-state index contributed by atoms with van der Waals surface area (Å²) in [6, 6.07) is 14.0. The molecule has 1 nitrogen and oxygen atoms in total. The van der Waals surface area contributed by atoms with Gasteiger partial charge in [-0.05, 0) is 41.0 Å². The first-order chi connectivity index (χ1) is 8.70. The van der Waals surface area contributed by atoms with Gasteiger partial charge in [0.05, 0.1) is 6.61 Å². The lowest BCUT2D eigenvalue weighted by Crippen LogP contribution is -1.90. The van der Waals surface area contributed by atoms with Crippen molar-refractivity contribution in [2.45, 2.75) is 0 Å². The second-order valence-corrected chi connectivity index (χ2v) is 4.73. The topological polar surface area (TPSA) is 20.2 Å². The van der Waals surface area contributed by atoms with Gasteiger partial charge in [0.2, 0.25) is 0 Å². The van der Waals surface area contributed by atoms with Crippen LogP contribution in [-0.4, -0.2) is 11.7 Å². The molecule has 0 heterocycles. The molecule has 0 atom stereocenters. The zero-order valence-electron chi connectivity index (χ0n) is 9.61. The maximum absolute atomic E-state index is 12.9. The Bertz CT molecular complexity index is 496. The molecule has 2 aromatic carbocycles. The summed E-state index contributed by atoms with van der Waals surface area (Å²) in [6.07, 6.45) is 1.72. The summed E-state index contributed by atoms with van der Waals surface area (Å²) in [5.41, 5.74) is 2.76. The summed E-state index contributed by atoms with van der Waals surface area (Å²) in [7, 11) is 0. The molecule has 0 unspecified atom stereocenters. The van der Waals surface area contributed by atoms with Crippen LogP contribution in [0.25, 0.3) is 5.57 Å². The van der Waals surface area contributed by atoms with Crippen molar-refractivity contribution in [1.82, 2.24) is 0 Å². The van der Waals surface area contributed by atoms with Crippen molar-refractivity contribution in [1.29, 1.82) is 0 Å². The van der Waals surface area contributed by atoms with E-state index in [4.69, 9.17) is 5.11 Å². The normalized spacial score (nSPS) is 11.6. The van der Waals surface area contributed by atoms with Crippen LogP contribution in [0.1, 0.15) is 11.1 Å². The largest absolute Gasteiger partial charge is 0.392 e. The Morgan fingerprint density at radius 2 is 1.50 bits per heavy atom. The predicted molar refractivity (Wildman–Crippen MR) is 74.7 cm³/mol. The summed E-state index contributed by atoms with van der Waals surface area (Å²) in [6.45, 7) is -0.0528. The molecule has 92 valence electrons. The number of aliphatic hydroxyl groups excluding tert-OH is 1. The van der Waals surface area contributed by atoms with Crippen LogP contribution in [0.4, 0.5) is 4.39 Å². The highest BCUT2D eigenvalue weighted by Gasteiger charge is 2.04. The quantitative estimate of drug-likeness (QED) is 0.908. The highest BCUT2D eigenvalue weighted by molar-refractivity contribution is 9.10. The van der Waals surface area contributed by atoms with E-state index in [2.05, 4.69) is 15.9 Å². The minimum Gasteiger partial charge on any atom is -0.392 e. The van der Waals surface area contributed by atoms with Crippen molar-refractivity contribution >= 4 is 21.5 Å². The molecule has 2 rings (SSSR count). The average molecular weight is 307 g/mol. The van der Waals surface area contributed by atoms with Gasteiger partial charge >= 0.3 is 0 Å². The second kappa shape index (κ2) is 5.94. The standard InChI is InChI=1S/C15H12BrFO/c16-13-5-1-11(2-6-13)15(9-10-18)12-3-7-14(17)8-4-12/h1-9,18H,10H2. The maximum Gasteiger partial charge on any atom is 0.123 e. The Morgan fingerprint density at radius 1 is 1.00 bits per heavy atom. The van der Waals surface area contributed by atoms with E-state index < -0.39 is 0 Å². The van der Waals surface area contributed by atoms with Gasteiger partial charge in [-0.25, -0.2) is 4.39 Å². The molecule has 1 N–H and O–H groups in total. The van der Waals surface area contributed by atoms with Gasteiger partial charge in [0, 0.05) is 4.47 Å². The van der Waals surface area contributed by atoms with E-state index in [1.807, 2.05) is 24.3 Å². The molecule has 0 saturated carbocycles. The first kappa shape index (κ1) is 13.0. The van der Waals surface area contributed by atoms with Crippen molar-refractivity contribution in [3.63, 3.8) is 0 Å². The molecule has 0 aliphatic carbocycles. The fourth-order valence-electron chi connectivity index (χ4n) is 1.75. The Kier molecular flexibility index (Phi) is 4.28. The Morgan fingerprint density at radius 3 is 2.00 bits per heavy atom. The van der Waals surface area contributed by atoms with E-state index in [0.29, 0.717) is 0 Å². The lowest BCUT2D eigenvalue weighted by atomic mass is 9.98. The fraction of sp³-hybridized carbons (Fsp3) is 0.0667. The van der Waals surface area contributed by atoms with Gasteiger partial charge in [0.25, 0.3) is 0 Å². The SMILES string of the molecule is OCC=C(c1ccc(F)cc1)c1ccc(Br)cc1. The van der Waals surface area contributed by atoms with E-state index in [1.54, 1.807) is 18.2 Å². The van der Waals surface area contributed by atoms with Crippen LogP contribution in [-0.2, 0) is 0 Å². The molecule has 0 aliphatic heterocycles. The van der Waals surface area contributed by atoms with E-state index in [1.165, 1.54) is 12.1 Å². The van der Waals surface area contributed by atoms with Crippen molar-refractivity contribution in [2.24, 2.45) is 0 Å². The van der Waals surface area contributed by atoms with Crippen molar-refractivity contribution in [3.8, 4) is 0 Å². The van der Waals surface area contributed by atoms with Crippen LogP contribution < -0.4 is 0 Å². The van der Waals surface area contributed by atoms with Gasteiger partial charge in [-0.15, -0.1) is 0 Å². The van der Waals surface area contributed by atoms with Crippen LogP contribution in [0, 0.1) is 5.82 Å². The van der Waals surface area contributed by atoms with Gasteiger partial charge in [-0.1, -0.05) is 46.3 Å². The predicted octanol–water partition coefficient (Wildman–Crippen LogP) is 4.01. The highest BCUT2D eigenvalue weighted by Crippen LogP contribution is 2.24. The second-order valence-electron chi connectivity index (χ2n) is 3.81. The van der Waals surface area contributed by atoms with Crippen LogP contribution in [0.15, 0.2) is 59.1 Å². The van der Waals surface area contributed by atoms with Gasteiger partial charge in [0.1, 0.15) is 5.82 Å². The molecule has 0 spiro atoms. The van der Waals surface area contributed by atoms with E-state index >= 15 is 0 Å². The van der Waals surface area contributed by atoms with Crippen LogP contribution in [0.3, 0.4) is 0 Å². The van der Waals surface area contributed by atoms with Gasteiger partial charge in [-0.3, -0.25) is 0 Å². The monoisotopic (exact) mass is 306 g/mol. The lowest BCUT2D eigenvalue weighted by Gasteiger charge is -2.08. The molecule has 2 aromatic rings. The van der Waals surface area contributed by atoms with Crippen molar-refractivity contribution in [3.05, 3.63) is 76.0 Å². The van der Waals surface area contributed by atoms with E-state index in [0.717, 1.165) is 21.2 Å². The van der Waals surface area contributed by atoms with E-state index in [-0.39, 0.29) is 12.4 Å². The maximum atomic E-state index is 12.9.